The van der Waals surface area contributed by atoms with Crippen LogP contribution in [-0.4, -0.2) is 239 Å². The summed E-state index contributed by atoms with van der Waals surface area (Å²) in [6.45, 7) is -1.26. The number of hydrogen-bond donors (Lipinski definition) is 15. The molecule has 21 atom stereocenters. The van der Waals surface area contributed by atoms with E-state index in [1.54, 1.807) is 0 Å². The molecule has 332 valence electrons. The van der Waals surface area contributed by atoms with Gasteiger partial charge in [0.05, 0.1) is 38.1 Å². The largest absolute Gasteiger partial charge is 0.477 e. The number of carbonyl (C=O) groups is 2. The van der Waals surface area contributed by atoms with E-state index in [4.69, 9.17) is 33.2 Å². The Bertz CT molecular complexity index is 1460. The second kappa shape index (κ2) is 19.2. The topological polar surface area (TPSA) is 437 Å². The van der Waals surface area contributed by atoms with Crippen molar-refractivity contribution in [3.05, 3.63) is 0 Å². The average Bonchev–Trinajstić information content (AvgIpc) is 3.14. The van der Waals surface area contributed by atoms with Crippen molar-refractivity contribution in [1.82, 2.24) is 5.32 Å². The van der Waals surface area contributed by atoms with Gasteiger partial charge in [-0.05, 0) is 6.92 Å². The van der Waals surface area contributed by atoms with E-state index in [2.05, 4.69) is 9.50 Å². The number of carbonyl (C=O) groups excluding carboxylic acids is 1. The fourth-order valence-electron chi connectivity index (χ4n) is 6.72. The number of carboxylic acid groups (broad SMARTS) is 1. The Morgan fingerprint density at radius 3 is 2.00 bits per heavy atom. The number of carboxylic acids is 1. The van der Waals surface area contributed by atoms with Gasteiger partial charge in [-0.1, -0.05) is 0 Å². The average molecular weight is 860 g/mol. The normalized spacial score (nSPS) is 45.5. The molecular formula is C29H49NO26S. The minimum atomic E-state index is -5.26. The van der Waals surface area contributed by atoms with Gasteiger partial charge < -0.3 is 105 Å². The zero-order valence-corrected chi connectivity index (χ0v) is 30.8. The minimum absolute atomic E-state index is 0.817. The van der Waals surface area contributed by atoms with Crippen molar-refractivity contribution in [2.45, 2.75) is 149 Å². The third kappa shape index (κ3) is 10.7. The summed E-state index contributed by atoms with van der Waals surface area (Å²) in [5.74, 6) is -6.09. The van der Waals surface area contributed by atoms with E-state index >= 15 is 0 Å². The smallest absolute Gasteiger partial charge is 0.397 e. The van der Waals surface area contributed by atoms with E-state index in [0.717, 1.165) is 6.92 Å². The predicted molar refractivity (Wildman–Crippen MR) is 172 cm³/mol. The highest BCUT2D eigenvalue weighted by molar-refractivity contribution is 7.80. The van der Waals surface area contributed by atoms with E-state index in [-0.39, 0.29) is 0 Å². The van der Waals surface area contributed by atoms with Gasteiger partial charge in [0.25, 0.3) is 5.79 Å². The fourth-order valence-corrected chi connectivity index (χ4v) is 7.03. The Kier molecular flexibility index (Phi) is 16.1. The Morgan fingerprint density at radius 1 is 0.825 bits per heavy atom. The van der Waals surface area contributed by atoms with Crippen molar-refractivity contribution in [2.75, 3.05) is 19.8 Å². The van der Waals surface area contributed by atoms with Crippen molar-refractivity contribution in [1.29, 1.82) is 0 Å². The number of nitrogens with one attached hydrogen (secondary N) is 1. The number of amides is 1. The molecule has 57 heavy (non-hydrogen) atoms. The summed E-state index contributed by atoms with van der Waals surface area (Å²) in [5.41, 5.74) is 0. The Morgan fingerprint density at radius 2 is 1.44 bits per heavy atom. The molecule has 4 aliphatic heterocycles. The van der Waals surface area contributed by atoms with Crippen molar-refractivity contribution < 1.29 is 126 Å². The van der Waals surface area contributed by atoms with Gasteiger partial charge in [-0.2, -0.15) is 8.42 Å². The maximum atomic E-state index is 12.8. The minimum Gasteiger partial charge on any atom is -0.477 e. The number of aliphatic hydroxyl groups is 12. The maximum Gasteiger partial charge on any atom is 0.397 e. The number of hydrogen-bond acceptors (Lipinski definition) is 24. The number of aliphatic hydroxyl groups excluding tert-OH is 12. The van der Waals surface area contributed by atoms with Crippen LogP contribution in [0.1, 0.15) is 20.3 Å². The molecule has 4 aliphatic rings. The monoisotopic (exact) mass is 859 g/mol. The highest BCUT2D eigenvalue weighted by atomic mass is 32.3. The van der Waals surface area contributed by atoms with Gasteiger partial charge in [0, 0.05) is 13.3 Å². The molecular weight excluding hydrogens is 810 g/mol. The van der Waals surface area contributed by atoms with Crippen LogP contribution < -0.4 is 5.32 Å². The van der Waals surface area contributed by atoms with Gasteiger partial charge in [0.2, 0.25) is 5.91 Å². The highest BCUT2D eigenvalue weighted by Crippen LogP contribution is 2.39. The van der Waals surface area contributed by atoms with Crippen LogP contribution in [-0.2, 0) is 57.3 Å². The summed E-state index contributed by atoms with van der Waals surface area (Å²) >= 11 is 0. The van der Waals surface area contributed by atoms with Gasteiger partial charge in [-0.25, -0.2) is 8.98 Å². The van der Waals surface area contributed by atoms with Crippen LogP contribution >= 0.6 is 0 Å². The van der Waals surface area contributed by atoms with Gasteiger partial charge in [0.15, 0.2) is 18.9 Å². The lowest BCUT2D eigenvalue weighted by molar-refractivity contribution is -0.396. The summed E-state index contributed by atoms with van der Waals surface area (Å²) in [6.07, 6.45) is -40.0. The van der Waals surface area contributed by atoms with Crippen LogP contribution in [0.3, 0.4) is 0 Å². The first-order chi connectivity index (χ1) is 26.5. The first-order valence-electron chi connectivity index (χ1n) is 17.2. The molecule has 4 fully saturated rings. The lowest BCUT2D eigenvalue weighted by atomic mass is 9.88. The number of aliphatic carboxylic acids is 1. The molecule has 0 aliphatic carbocycles. The standard InChI is InChI=1S/C29H49NO26S/c1-7-14(36)17(39)18(40)26(50-7)54-24-19(41)25(43)51-12(6-49-57(46,47)48)21(24)53-27-20(42)23(16(38)11(5-32)52-27)56-29(28(44)45)3-9(34)13(30-8(2)33)22(55-29)15(37)10(35)4-31/h7,9-27,31-32,34-43H,3-6H2,1-2H3,(H,30,33)(H,44,45)(H,46,47,48)/t7-,9-,10+,11+,12+,13+,14+,15+,16-,17+,18-,19-,20+,21+,22+,23-,24+,25+,26-,27-,29-/m0/s1. The first kappa shape index (κ1) is 47.7. The molecule has 0 bridgehead atoms. The highest BCUT2D eigenvalue weighted by Gasteiger charge is 2.60. The third-order valence-corrected chi connectivity index (χ3v) is 10.2. The van der Waals surface area contributed by atoms with Gasteiger partial charge in [-0.15, -0.1) is 0 Å². The van der Waals surface area contributed by atoms with Crippen LogP contribution in [0.5, 0.6) is 0 Å². The number of ether oxygens (including phenoxy) is 7. The summed E-state index contributed by atoms with van der Waals surface area (Å²) in [6, 6.07) is -1.65. The second-order valence-corrected chi connectivity index (χ2v) is 14.9. The van der Waals surface area contributed by atoms with Crippen LogP contribution in [0.4, 0.5) is 0 Å². The van der Waals surface area contributed by atoms with Crippen molar-refractivity contribution >= 4 is 22.3 Å². The molecule has 0 aromatic rings. The quantitative estimate of drug-likeness (QED) is 0.0680. The molecule has 27 nitrogen and oxygen atoms in total. The summed E-state index contributed by atoms with van der Waals surface area (Å²) < 4.78 is 75.2. The van der Waals surface area contributed by atoms with Crippen LogP contribution in [0.25, 0.3) is 0 Å². The van der Waals surface area contributed by atoms with Crippen LogP contribution in [0, 0.1) is 0 Å². The Labute approximate surface area is 322 Å². The molecule has 15 N–H and O–H groups in total. The summed E-state index contributed by atoms with van der Waals surface area (Å²) in [5, 5.41) is 139. The zero-order chi connectivity index (χ0) is 42.9. The predicted octanol–water partition coefficient (Wildman–Crippen LogP) is -9.54. The fraction of sp³-hybridized carbons (Fsp3) is 0.931. The van der Waals surface area contributed by atoms with Gasteiger partial charge >= 0.3 is 16.4 Å². The van der Waals surface area contributed by atoms with Crippen LogP contribution in [0.2, 0.25) is 0 Å². The van der Waals surface area contributed by atoms with E-state index < -0.39 is 177 Å². The Hall–Kier alpha value is -1.95. The molecule has 4 saturated heterocycles. The second-order valence-electron chi connectivity index (χ2n) is 13.8. The molecule has 0 radical (unpaired) electrons. The Balaban J connectivity index is 1.71. The van der Waals surface area contributed by atoms with Crippen molar-refractivity contribution in [2.24, 2.45) is 0 Å². The van der Waals surface area contributed by atoms with E-state index in [9.17, 15) is 88.9 Å². The first-order valence-corrected chi connectivity index (χ1v) is 18.6. The SMILES string of the molecule is CC(=O)N[C@H]1[C@H]([C@H](O)[C@H](O)CO)O[C@@](O[C@H]2[C@@H](O)[C@@H](CO)O[C@@H](O[C@H]3[C@H](O[C@@H]4O[C@@H](C)[C@@H](O)[C@@H](O)[C@@H]4O)[C@H](O)[C@H](O)O[C@@H]3COS(=O)(=O)O)[C@@H]2O)(C(=O)O)C[C@@H]1O. The van der Waals surface area contributed by atoms with Crippen LogP contribution in [0.15, 0.2) is 0 Å². The van der Waals surface area contributed by atoms with E-state index in [1.807, 2.05) is 0 Å². The molecule has 0 saturated carbocycles. The molecule has 28 heteroatoms. The van der Waals surface area contributed by atoms with Gasteiger partial charge in [0.1, 0.15) is 85.5 Å². The molecule has 4 heterocycles. The lowest BCUT2D eigenvalue weighted by Gasteiger charge is -2.51. The molecule has 0 aromatic heterocycles. The summed E-state index contributed by atoms with van der Waals surface area (Å²) in [4.78, 5) is 24.7. The molecule has 0 aromatic carbocycles. The number of rotatable bonds is 15. The zero-order valence-electron chi connectivity index (χ0n) is 29.9. The molecule has 0 unspecified atom stereocenters. The summed E-state index contributed by atoms with van der Waals surface area (Å²) in [7, 11) is -5.26. The third-order valence-electron chi connectivity index (χ3n) is 9.74. The van der Waals surface area contributed by atoms with Crippen molar-refractivity contribution in [3.63, 3.8) is 0 Å². The van der Waals surface area contributed by atoms with E-state index in [1.165, 1.54) is 6.92 Å². The molecule has 4 rings (SSSR count). The molecule has 0 spiro atoms. The lowest BCUT2D eigenvalue weighted by Crippen LogP contribution is -2.71. The maximum absolute atomic E-state index is 12.8. The van der Waals surface area contributed by atoms with Gasteiger partial charge in [-0.3, -0.25) is 9.35 Å². The van der Waals surface area contributed by atoms with E-state index in [0.29, 0.717) is 0 Å². The van der Waals surface area contributed by atoms with Crippen molar-refractivity contribution in [3.8, 4) is 0 Å². The molecule has 1 amide bonds.